The van der Waals surface area contributed by atoms with Crippen LogP contribution in [-0.2, 0) is 0 Å². The van der Waals surface area contributed by atoms with Gasteiger partial charge in [0.05, 0.1) is 12.5 Å². The van der Waals surface area contributed by atoms with Crippen molar-refractivity contribution in [3.8, 4) is 5.88 Å². The number of nitrogens with zero attached hydrogens (tertiary/aromatic N) is 3. The van der Waals surface area contributed by atoms with Crippen molar-refractivity contribution in [1.29, 1.82) is 0 Å². The summed E-state index contributed by atoms with van der Waals surface area (Å²) >= 11 is 0. The summed E-state index contributed by atoms with van der Waals surface area (Å²) in [7, 11) is 1.57. The predicted octanol–water partition coefficient (Wildman–Crippen LogP) is 0.924. The molecule has 0 bridgehead atoms. The maximum atomic E-state index is 5.55. The van der Waals surface area contributed by atoms with Crippen LogP contribution < -0.4 is 10.5 Å². The van der Waals surface area contributed by atoms with Crippen molar-refractivity contribution in [3.63, 3.8) is 0 Å². The van der Waals surface area contributed by atoms with Gasteiger partial charge in [-0.2, -0.15) is 4.98 Å². The molecule has 72 valence electrons. The van der Waals surface area contributed by atoms with E-state index >= 15 is 0 Å². The Balaban J connectivity index is 2.81. The van der Waals surface area contributed by atoms with E-state index in [1.165, 1.54) is 0 Å². The minimum Gasteiger partial charge on any atom is -0.480 e. The number of fused-ring (bicyclic) bond motifs is 1. The van der Waals surface area contributed by atoms with Gasteiger partial charge in [0.1, 0.15) is 11.6 Å². The number of aromatic nitrogens is 3. The Labute approximate surface area is 81.0 Å². The maximum Gasteiger partial charge on any atom is 0.226 e. The Kier molecular flexibility index (Phi) is 1.92. The molecule has 0 aliphatic rings. The zero-order chi connectivity index (χ0) is 10.1. The molecule has 0 aliphatic heterocycles. The first-order chi connectivity index (χ1) is 6.70. The third-order valence-corrected chi connectivity index (χ3v) is 1.85. The lowest BCUT2D eigenvalue weighted by Crippen LogP contribution is -1.98. The Morgan fingerprint density at radius 3 is 2.71 bits per heavy atom. The van der Waals surface area contributed by atoms with Crippen LogP contribution in [0.25, 0.3) is 11.0 Å². The molecule has 2 rings (SSSR count). The zero-order valence-corrected chi connectivity index (χ0v) is 7.98. The van der Waals surface area contributed by atoms with E-state index in [1.807, 2.05) is 0 Å². The van der Waals surface area contributed by atoms with Gasteiger partial charge in [-0.1, -0.05) is 0 Å². The molecule has 0 atom stereocenters. The van der Waals surface area contributed by atoms with Crippen LogP contribution in [0.2, 0.25) is 0 Å². The van der Waals surface area contributed by atoms with Crippen LogP contribution in [0, 0.1) is 6.92 Å². The molecular formula is C9H10N4O. The van der Waals surface area contributed by atoms with E-state index in [2.05, 4.69) is 15.0 Å². The highest BCUT2D eigenvalue weighted by Gasteiger charge is 2.06. The molecule has 0 radical (unpaired) electrons. The van der Waals surface area contributed by atoms with Crippen molar-refractivity contribution in [2.75, 3.05) is 12.8 Å². The van der Waals surface area contributed by atoms with Crippen molar-refractivity contribution < 1.29 is 4.74 Å². The predicted molar refractivity (Wildman–Crippen MR) is 53.0 cm³/mol. The van der Waals surface area contributed by atoms with Gasteiger partial charge in [0.2, 0.25) is 5.88 Å². The average molecular weight is 190 g/mol. The maximum absolute atomic E-state index is 5.55. The first-order valence-corrected chi connectivity index (χ1v) is 4.15. The van der Waals surface area contributed by atoms with Crippen molar-refractivity contribution in [3.05, 3.63) is 18.0 Å². The van der Waals surface area contributed by atoms with Crippen molar-refractivity contribution in [2.24, 2.45) is 0 Å². The summed E-state index contributed by atoms with van der Waals surface area (Å²) in [5.74, 6) is 1.59. The number of nitrogen functional groups attached to an aromatic ring is 1. The van der Waals surface area contributed by atoms with E-state index in [1.54, 1.807) is 26.2 Å². The van der Waals surface area contributed by atoms with Gasteiger partial charge in [-0.15, -0.1) is 0 Å². The Hall–Kier alpha value is -1.91. The molecule has 2 heterocycles. The van der Waals surface area contributed by atoms with Crippen molar-refractivity contribution >= 4 is 16.9 Å². The molecule has 2 aromatic heterocycles. The normalized spacial score (nSPS) is 10.4. The highest BCUT2D eigenvalue weighted by Crippen LogP contribution is 2.21. The molecule has 0 aliphatic carbocycles. The molecule has 0 amide bonds. The summed E-state index contributed by atoms with van der Waals surface area (Å²) in [5, 5.41) is 0.771. The van der Waals surface area contributed by atoms with Crippen LogP contribution in [0.4, 0.5) is 5.82 Å². The first kappa shape index (κ1) is 8.68. The largest absolute Gasteiger partial charge is 0.480 e. The van der Waals surface area contributed by atoms with Gasteiger partial charge in [-0.3, -0.25) is 0 Å². The fraction of sp³-hybridized carbons (Fsp3) is 0.222. The third kappa shape index (κ3) is 1.32. The molecule has 5 heteroatoms. The van der Waals surface area contributed by atoms with Gasteiger partial charge < -0.3 is 10.5 Å². The van der Waals surface area contributed by atoms with E-state index in [9.17, 15) is 0 Å². The fourth-order valence-corrected chi connectivity index (χ4v) is 1.26. The van der Waals surface area contributed by atoms with Gasteiger partial charge in [0, 0.05) is 0 Å². The molecule has 0 saturated carbocycles. The number of nitrogens with two attached hydrogens (primary N) is 1. The number of hydrogen-bond donors (Lipinski definition) is 1. The van der Waals surface area contributed by atoms with Crippen LogP contribution in [0.1, 0.15) is 5.82 Å². The summed E-state index contributed by atoms with van der Waals surface area (Å²) in [6, 6.07) is 3.50. The third-order valence-electron chi connectivity index (χ3n) is 1.85. The van der Waals surface area contributed by atoms with E-state index in [4.69, 9.17) is 10.5 Å². The Morgan fingerprint density at radius 1 is 1.21 bits per heavy atom. The number of ether oxygens (including phenoxy) is 1. The number of hydrogen-bond acceptors (Lipinski definition) is 5. The van der Waals surface area contributed by atoms with Gasteiger partial charge in [-0.05, 0) is 19.1 Å². The van der Waals surface area contributed by atoms with E-state index in [-0.39, 0.29) is 0 Å². The summed E-state index contributed by atoms with van der Waals surface area (Å²) < 4.78 is 5.12. The minimum absolute atomic E-state index is 0.442. The summed E-state index contributed by atoms with van der Waals surface area (Å²) in [6.45, 7) is 1.78. The average Bonchev–Trinajstić information content (AvgIpc) is 2.15. The van der Waals surface area contributed by atoms with Gasteiger partial charge >= 0.3 is 0 Å². The fourth-order valence-electron chi connectivity index (χ4n) is 1.26. The number of methoxy groups -OCH3 is 1. The molecule has 14 heavy (non-hydrogen) atoms. The van der Waals surface area contributed by atoms with Crippen LogP contribution >= 0.6 is 0 Å². The number of pyridine rings is 1. The minimum atomic E-state index is 0.442. The second kappa shape index (κ2) is 3.10. The summed E-state index contributed by atoms with van der Waals surface area (Å²) in [4.78, 5) is 12.4. The molecular weight excluding hydrogens is 180 g/mol. The Bertz CT molecular complexity index is 478. The SMILES string of the molecule is COc1nc(C)nc2nc(N)ccc12. The highest BCUT2D eigenvalue weighted by atomic mass is 16.5. The quantitative estimate of drug-likeness (QED) is 0.723. The van der Waals surface area contributed by atoms with Crippen molar-refractivity contribution in [2.45, 2.75) is 6.92 Å². The molecule has 2 aromatic rings. The van der Waals surface area contributed by atoms with Gasteiger partial charge in [-0.25, -0.2) is 9.97 Å². The molecule has 0 fully saturated rings. The summed E-state index contributed by atoms with van der Waals surface area (Å²) in [5.41, 5.74) is 6.12. The van der Waals surface area contributed by atoms with Crippen LogP contribution in [0.5, 0.6) is 5.88 Å². The van der Waals surface area contributed by atoms with Gasteiger partial charge in [0.15, 0.2) is 5.65 Å². The molecule has 0 spiro atoms. The molecule has 0 saturated heterocycles. The second-order valence-electron chi connectivity index (χ2n) is 2.89. The van der Waals surface area contributed by atoms with Gasteiger partial charge in [0.25, 0.3) is 0 Å². The second-order valence-corrected chi connectivity index (χ2v) is 2.89. The van der Waals surface area contributed by atoms with Crippen LogP contribution in [0.3, 0.4) is 0 Å². The number of aryl methyl sites for hydroxylation is 1. The standard InChI is InChI=1S/C9H10N4O/c1-5-11-8-6(9(12-5)14-2)3-4-7(10)13-8/h3-4H,1-2H3,(H2,10,11,12,13). The lowest BCUT2D eigenvalue weighted by atomic mass is 10.3. The lowest BCUT2D eigenvalue weighted by Gasteiger charge is -2.04. The van der Waals surface area contributed by atoms with E-state index < -0.39 is 0 Å². The first-order valence-electron chi connectivity index (χ1n) is 4.15. The van der Waals surface area contributed by atoms with Crippen LogP contribution in [-0.4, -0.2) is 22.1 Å². The highest BCUT2D eigenvalue weighted by molar-refractivity contribution is 5.81. The number of rotatable bonds is 1. The summed E-state index contributed by atoms with van der Waals surface area (Å²) in [6.07, 6.45) is 0. The van der Waals surface area contributed by atoms with E-state index in [0.29, 0.717) is 23.2 Å². The Morgan fingerprint density at radius 2 is 2.00 bits per heavy atom. The topological polar surface area (TPSA) is 73.9 Å². The van der Waals surface area contributed by atoms with Crippen molar-refractivity contribution in [1.82, 2.24) is 15.0 Å². The monoisotopic (exact) mass is 190 g/mol. The molecule has 0 unspecified atom stereocenters. The molecule has 5 nitrogen and oxygen atoms in total. The zero-order valence-electron chi connectivity index (χ0n) is 7.98. The molecule has 2 N–H and O–H groups in total. The van der Waals surface area contributed by atoms with E-state index in [0.717, 1.165) is 5.39 Å². The van der Waals surface area contributed by atoms with Crippen LogP contribution in [0.15, 0.2) is 12.1 Å². The molecule has 0 aromatic carbocycles. The lowest BCUT2D eigenvalue weighted by molar-refractivity contribution is 0.401. The smallest absolute Gasteiger partial charge is 0.226 e. The number of anilines is 1.